The molecule has 0 spiro atoms. The SMILES string of the molecule is NC1(C(O)C(=O)OCc2ccccc2)CC1. The highest BCUT2D eigenvalue weighted by molar-refractivity contribution is 5.77. The number of hydrogen-bond donors (Lipinski definition) is 2. The Kier molecular flexibility index (Phi) is 2.94. The Labute approximate surface area is 94.0 Å². The largest absolute Gasteiger partial charge is 0.459 e. The maximum Gasteiger partial charge on any atom is 0.337 e. The van der Waals surface area contributed by atoms with Gasteiger partial charge in [0.2, 0.25) is 0 Å². The minimum atomic E-state index is -1.20. The number of carbonyl (C=O) groups is 1. The van der Waals surface area contributed by atoms with E-state index in [9.17, 15) is 9.90 Å². The molecule has 0 aliphatic heterocycles. The molecule has 1 aliphatic rings. The van der Waals surface area contributed by atoms with E-state index in [0.29, 0.717) is 12.8 Å². The van der Waals surface area contributed by atoms with Crippen LogP contribution in [-0.4, -0.2) is 22.7 Å². The molecule has 0 amide bonds. The van der Waals surface area contributed by atoms with Crippen LogP contribution in [0.25, 0.3) is 0 Å². The lowest BCUT2D eigenvalue weighted by atomic mass is 10.1. The number of aliphatic hydroxyl groups is 1. The third kappa shape index (κ3) is 2.40. The van der Waals surface area contributed by atoms with Crippen LogP contribution >= 0.6 is 0 Å². The van der Waals surface area contributed by atoms with E-state index in [1.807, 2.05) is 30.3 Å². The first-order valence-corrected chi connectivity index (χ1v) is 5.29. The van der Waals surface area contributed by atoms with Crippen LogP contribution in [-0.2, 0) is 16.1 Å². The van der Waals surface area contributed by atoms with Crippen LogP contribution in [0.4, 0.5) is 0 Å². The number of aliphatic hydroxyl groups excluding tert-OH is 1. The van der Waals surface area contributed by atoms with Gasteiger partial charge in [0.1, 0.15) is 6.61 Å². The van der Waals surface area contributed by atoms with Crippen LogP contribution in [0.3, 0.4) is 0 Å². The summed E-state index contributed by atoms with van der Waals surface area (Å²) in [5.74, 6) is -0.635. The maximum atomic E-state index is 11.5. The minimum Gasteiger partial charge on any atom is -0.459 e. The van der Waals surface area contributed by atoms with Crippen molar-refractivity contribution in [3.8, 4) is 0 Å². The smallest absolute Gasteiger partial charge is 0.337 e. The van der Waals surface area contributed by atoms with Gasteiger partial charge in [-0.15, -0.1) is 0 Å². The van der Waals surface area contributed by atoms with Crippen LogP contribution in [0.5, 0.6) is 0 Å². The van der Waals surface area contributed by atoms with Crippen molar-refractivity contribution >= 4 is 5.97 Å². The number of carbonyl (C=O) groups excluding carboxylic acids is 1. The Morgan fingerprint density at radius 3 is 2.62 bits per heavy atom. The third-order valence-electron chi connectivity index (χ3n) is 2.82. The second kappa shape index (κ2) is 4.23. The van der Waals surface area contributed by atoms with E-state index in [1.54, 1.807) is 0 Å². The van der Waals surface area contributed by atoms with Gasteiger partial charge in [-0.2, -0.15) is 0 Å². The average Bonchev–Trinajstić information content (AvgIpc) is 3.06. The molecule has 4 heteroatoms. The predicted octanol–water partition coefficient (Wildman–Crippen LogP) is 0.582. The zero-order valence-corrected chi connectivity index (χ0v) is 8.93. The van der Waals surface area contributed by atoms with Gasteiger partial charge < -0.3 is 15.6 Å². The summed E-state index contributed by atoms with van der Waals surface area (Å²) in [4.78, 5) is 11.5. The molecule has 2 rings (SSSR count). The fraction of sp³-hybridized carbons (Fsp3) is 0.417. The van der Waals surface area contributed by atoms with Gasteiger partial charge in [-0.05, 0) is 18.4 Å². The Bertz CT molecular complexity index is 373. The second-order valence-electron chi connectivity index (χ2n) is 4.23. The maximum absolute atomic E-state index is 11.5. The molecule has 0 heterocycles. The molecule has 1 aromatic carbocycles. The lowest BCUT2D eigenvalue weighted by Gasteiger charge is -2.16. The third-order valence-corrected chi connectivity index (χ3v) is 2.82. The highest BCUT2D eigenvalue weighted by atomic mass is 16.5. The Hall–Kier alpha value is -1.39. The van der Waals surface area contributed by atoms with E-state index in [2.05, 4.69) is 0 Å². The molecule has 86 valence electrons. The highest BCUT2D eigenvalue weighted by Gasteiger charge is 2.49. The standard InChI is InChI=1S/C12H15NO3/c13-12(6-7-12)10(14)11(15)16-8-9-4-2-1-3-5-9/h1-5,10,14H,6-8,13H2. The summed E-state index contributed by atoms with van der Waals surface area (Å²) >= 11 is 0. The summed E-state index contributed by atoms with van der Waals surface area (Å²) in [6.07, 6.45) is 0.152. The van der Waals surface area contributed by atoms with Gasteiger partial charge in [-0.25, -0.2) is 4.79 Å². The van der Waals surface area contributed by atoms with Crippen molar-refractivity contribution in [1.82, 2.24) is 0 Å². The molecule has 1 fully saturated rings. The number of nitrogens with two attached hydrogens (primary N) is 1. The van der Waals surface area contributed by atoms with E-state index in [0.717, 1.165) is 5.56 Å². The van der Waals surface area contributed by atoms with Crippen LogP contribution in [0.1, 0.15) is 18.4 Å². The minimum absolute atomic E-state index is 0.173. The molecule has 0 aromatic heterocycles. The number of rotatable bonds is 4. The first kappa shape index (κ1) is 11.1. The lowest BCUT2D eigenvalue weighted by Crippen LogP contribution is -2.43. The van der Waals surface area contributed by atoms with Gasteiger partial charge in [0, 0.05) is 0 Å². The number of ether oxygens (including phenoxy) is 1. The Balaban J connectivity index is 1.84. The number of hydrogen-bond acceptors (Lipinski definition) is 4. The molecule has 1 unspecified atom stereocenters. The molecule has 0 bridgehead atoms. The molecule has 1 atom stereocenters. The van der Waals surface area contributed by atoms with Gasteiger partial charge in [-0.1, -0.05) is 30.3 Å². The van der Waals surface area contributed by atoms with Crippen LogP contribution in [0.2, 0.25) is 0 Å². The van der Waals surface area contributed by atoms with Crippen LogP contribution in [0.15, 0.2) is 30.3 Å². The summed E-state index contributed by atoms with van der Waals surface area (Å²) < 4.78 is 4.99. The average molecular weight is 221 g/mol. The van der Waals surface area contributed by atoms with Crippen LogP contribution in [0, 0.1) is 0 Å². The number of esters is 1. The monoisotopic (exact) mass is 221 g/mol. The van der Waals surface area contributed by atoms with Gasteiger partial charge in [0.25, 0.3) is 0 Å². The fourth-order valence-electron chi connectivity index (χ4n) is 1.46. The van der Waals surface area contributed by atoms with Crippen LogP contribution < -0.4 is 5.73 Å². The highest BCUT2D eigenvalue weighted by Crippen LogP contribution is 2.36. The van der Waals surface area contributed by atoms with Gasteiger partial charge >= 0.3 is 5.97 Å². The summed E-state index contributed by atoms with van der Waals surface area (Å²) in [5.41, 5.74) is 5.86. The van der Waals surface area contributed by atoms with Crippen molar-refractivity contribution in [2.45, 2.75) is 31.1 Å². The molecule has 1 aromatic rings. The second-order valence-corrected chi connectivity index (χ2v) is 4.23. The Morgan fingerprint density at radius 1 is 1.44 bits per heavy atom. The van der Waals surface area contributed by atoms with E-state index < -0.39 is 17.6 Å². The number of benzene rings is 1. The van der Waals surface area contributed by atoms with Crippen molar-refractivity contribution in [3.63, 3.8) is 0 Å². The first-order chi connectivity index (χ1) is 7.62. The summed E-state index contributed by atoms with van der Waals surface area (Å²) in [6, 6.07) is 9.33. The van der Waals surface area contributed by atoms with E-state index in [1.165, 1.54) is 0 Å². The molecule has 4 nitrogen and oxygen atoms in total. The topological polar surface area (TPSA) is 72.5 Å². The van der Waals surface area contributed by atoms with Gasteiger partial charge in [0.05, 0.1) is 5.54 Å². The lowest BCUT2D eigenvalue weighted by molar-refractivity contribution is -0.156. The molecular formula is C12H15NO3. The molecule has 3 N–H and O–H groups in total. The summed E-state index contributed by atoms with van der Waals surface area (Å²) in [6.45, 7) is 0.173. The molecule has 1 saturated carbocycles. The molecular weight excluding hydrogens is 206 g/mol. The molecule has 0 radical (unpaired) electrons. The van der Waals surface area contributed by atoms with Gasteiger partial charge in [0.15, 0.2) is 6.10 Å². The Morgan fingerprint density at radius 2 is 2.06 bits per heavy atom. The quantitative estimate of drug-likeness (QED) is 0.729. The van der Waals surface area contributed by atoms with Crippen molar-refractivity contribution in [2.24, 2.45) is 5.73 Å². The van der Waals surface area contributed by atoms with Crippen molar-refractivity contribution in [2.75, 3.05) is 0 Å². The van der Waals surface area contributed by atoms with E-state index >= 15 is 0 Å². The zero-order chi connectivity index (χ0) is 11.6. The van der Waals surface area contributed by atoms with E-state index in [-0.39, 0.29) is 6.61 Å². The molecule has 16 heavy (non-hydrogen) atoms. The molecule has 0 saturated heterocycles. The normalized spacial score (nSPS) is 18.9. The summed E-state index contributed by atoms with van der Waals surface area (Å²) in [7, 11) is 0. The van der Waals surface area contributed by atoms with Crippen molar-refractivity contribution in [1.29, 1.82) is 0 Å². The zero-order valence-electron chi connectivity index (χ0n) is 8.93. The predicted molar refractivity (Wildman–Crippen MR) is 58.4 cm³/mol. The van der Waals surface area contributed by atoms with E-state index in [4.69, 9.17) is 10.5 Å². The van der Waals surface area contributed by atoms with Crippen molar-refractivity contribution < 1.29 is 14.6 Å². The molecule has 1 aliphatic carbocycles. The summed E-state index contributed by atoms with van der Waals surface area (Å²) in [5, 5.41) is 9.60. The first-order valence-electron chi connectivity index (χ1n) is 5.29. The van der Waals surface area contributed by atoms with Crippen molar-refractivity contribution in [3.05, 3.63) is 35.9 Å². The van der Waals surface area contributed by atoms with Gasteiger partial charge in [-0.3, -0.25) is 0 Å². The fourth-order valence-corrected chi connectivity index (χ4v) is 1.46.